The number of unbranched alkanes of at least 4 members (excludes halogenated alkanes) is 7. The highest BCUT2D eigenvalue weighted by Crippen LogP contribution is 2.34. The van der Waals surface area contributed by atoms with Gasteiger partial charge in [-0.1, -0.05) is 38.5 Å². The number of rotatable bonds is 15. The molecule has 0 fully saturated rings. The van der Waals surface area contributed by atoms with Crippen molar-refractivity contribution in [2.24, 2.45) is 0 Å². The summed E-state index contributed by atoms with van der Waals surface area (Å²) in [4.78, 5) is 60.4. The molecule has 0 aliphatic rings. The third-order valence-electron chi connectivity index (χ3n) is 5.53. The second kappa shape index (κ2) is 14.4. The minimum atomic E-state index is -4.28. The van der Waals surface area contributed by atoms with Crippen molar-refractivity contribution in [3.8, 4) is 0 Å². The maximum Gasteiger partial charge on any atom is 0.356 e. The average molecular weight is 540 g/mol. The summed E-state index contributed by atoms with van der Waals surface area (Å²) in [6.07, 6.45) is 8.34. The summed E-state index contributed by atoms with van der Waals surface area (Å²) in [6, 6.07) is 11.1. The van der Waals surface area contributed by atoms with Crippen molar-refractivity contribution in [2.75, 3.05) is 10.6 Å². The second-order valence-electron chi connectivity index (χ2n) is 8.61. The zero-order chi connectivity index (χ0) is 26.6. The van der Waals surface area contributed by atoms with Crippen molar-refractivity contribution in [1.82, 2.24) is 0 Å². The van der Waals surface area contributed by atoms with Crippen LogP contribution in [-0.4, -0.2) is 31.4 Å². The summed E-state index contributed by atoms with van der Waals surface area (Å²) in [6.45, 7) is 0. The van der Waals surface area contributed by atoms with Gasteiger partial charge in [-0.15, -0.1) is 0 Å². The highest BCUT2D eigenvalue weighted by atomic mass is 31.2. The molecule has 0 atom stereocenters. The maximum atomic E-state index is 12.0. The fourth-order valence-corrected chi connectivity index (χ4v) is 4.63. The van der Waals surface area contributed by atoms with Crippen LogP contribution in [0.3, 0.4) is 0 Å². The summed E-state index contributed by atoms with van der Waals surface area (Å²) in [5.74, 6) is -0.259. The lowest BCUT2D eigenvalue weighted by Gasteiger charge is -2.08. The highest BCUT2D eigenvalue weighted by Gasteiger charge is 2.17. The van der Waals surface area contributed by atoms with Gasteiger partial charge in [-0.2, -0.15) is 0 Å². The van der Waals surface area contributed by atoms with Crippen molar-refractivity contribution in [3.05, 3.63) is 48.5 Å². The van der Waals surface area contributed by atoms with E-state index in [2.05, 4.69) is 10.6 Å². The molecule has 0 saturated carbocycles. The number of hydrogen-bond acceptors (Lipinski definition) is 4. The van der Waals surface area contributed by atoms with E-state index in [0.717, 1.165) is 51.4 Å². The first-order valence-electron chi connectivity index (χ1n) is 11.9. The standard InChI is InChI=1S/C24H34N2O8P2/c27-23(25-19-11-15-21(16-12-19)35(29,30)31)9-7-5-3-1-2-4-6-8-10-24(28)26-20-13-17-22(18-14-20)36(32,33)34/h11-18H,1-10H2,(H,25,27)(H,26,28)(H2,29,30,31)(H2,32,33,34). The van der Waals surface area contributed by atoms with Gasteiger partial charge in [0.2, 0.25) is 11.8 Å². The highest BCUT2D eigenvalue weighted by molar-refractivity contribution is 7.60. The van der Waals surface area contributed by atoms with Crippen LogP contribution in [0.15, 0.2) is 48.5 Å². The Bertz CT molecular complexity index is 991. The first kappa shape index (κ1) is 29.9. The number of hydrogen-bond donors (Lipinski definition) is 6. The Hall–Kier alpha value is -2.32. The molecule has 0 aliphatic heterocycles. The molecule has 0 aromatic heterocycles. The van der Waals surface area contributed by atoms with E-state index >= 15 is 0 Å². The van der Waals surface area contributed by atoms with Gasteiger partial charge in [-0.3, -0.25) is 18.7 Å². The van der Waals surface area contributed by atoms with Gasteiger partial charge in [0, 0.05) is 24.2 Å². The number of carbonyl (C=O) groups excluding carboxylic acids is 2. The molecule has 10 nitrogen and oxygen atoms in total. The van der Waals surface area contributed by atoms with Gasteiger partial charge in [-0.05, 0) is 61.4 Å². The lowest BCUT2D eigenvalue weighted by Crippen LogP contribution is -2.12. The van der Waals surface area contributed by atoms with Crippen LogP contribution in [0.5, 0.6) is 0 Å². The molecule has 0 aliphatic carbocycles. The Balaban J connectivity index is 1.47. The summed E-state index contributed by atoms with van der Waals surface area (Å²) < 4.78 is 22.3. The summed E-state index contributed by atoms with van der Waals surface area (Å²) in [5.41, 5.74) is 1.01. The van der Waals surface area contributed by atoms with Crippen LogP contribution in [0.25, 0.3) is 0 Å². The molecule has 36 heavy (non-hydrogen) atoms. The predicted molar refractivity (Wildman–Crippen MR) is 140 cm³/mol. The van der Waals surface area contributed by atoms with E-state index < -0.39 is 15.2 Å². The van der Waals surface area contributed by atoms with Gasteiger partial charge in [0.1, 0.15) is 0 Å². The zero-order valence-electron chi connectivity index (χ0n) is 20.0. The van der Waals surface area contributed by atoms with Gasteiger partial charge in [-0.25, -0.2) is 0 Å². The molecule has 0 heterocycles. The van der Waals surface area contributed by atoms with Crippen LogP contribution in [-0.2, 0) is 18.7 Å². The first-order chi connectivity index (χ1) is 16.9. The van der Waals surface area contributed by atoms with Crippen LogP contribution < -0.4 is 21.2 Å². The molecule has 2 rings (SSSR count). The average Bonchev–Trinajstić information content (AvgIpc) is 2.80. The van der Waals surface area contributed by atoms with E-state index in [4.69, 9.17) is 19.6 Å². The van der Waals surface area contributed by atoms with Crippen molar-refractivity contribution in [2.45, 2.75) is 64.2 Å². The minimum absolute atomic E-state index is 0.0859. The third kappa shape index (κ3) is 11.6. The van der Waals surface area contributed by atoms with Crippen LogP contribution in [0.2, 0.25) is 0 Å². The fraction of sp³-hybridized carbons (Fsp3) is 0.417. The molecule has 2 aromatic rings. The molecule has 0 saturated heterocycles. The second-order valence-corrected chi connectivity index (χ2v) is 11.8. The molecule has 2 amide bonds. The summed E-state index contributed by atoms with van der Waals surface area (Å²) in [7, 11) is -8.57. The molecule has 0 bridgehead atoms. The Morgan fingerprint density at radius 1 is 0.528 bits per heavy atom. The summed E-state index contributed by atoms with van der Waals surface area (Å²) >= 11 is 0. The topological polar surface area (TPSA) is 173 Å². The van der Waals surface area contributed by atoms with Gasteiger partial charge in [0.25, 0.3) is 0 Å². The van der Waals surface area contributed by atoms with Gasteiger partial charge < -0.3 is 30.2 Å². The van der Waals surface area contributed by atoms with Crippen LogP contribution in [0.1, 0.15) is 64.2 Å². The lowest BCUT2D eigenvalue weighted by atomic mass is 10.1. The van der Waals surface area contributed by atoms with Crippen molar-refractivity contribution in [1.29, 1.82) is 0 Å². The smallest absolute Gasteiger partial charge is 0.326 e. The molecule has 6 N–H and O–H groups in total. The quantitative estimate of drug-likeness (QED) is 0.146. The van der Waals surface area contributed by atoms with Crippen molar-refractivity contribution < 1.29 is 38.3 Å². The van der Waals surface area contributed by atoms with Gasteiger partial charge >= 0.3 is 15.2 Å². The maximum absolute atomic E-state index is 12.0. The van der Waals surface area contributed by atoms with Crippen molar-refractivity contribution in [3.63, 3.8) is 0 Å². The van der Waals surface area contributed by atoms with E-state index in [9.17, 15) is 18.7 Å². The van der Waals surface area contributed by atoms with E-state index in [1.807, 2.05) is 0 Å². The van der Waals surface area contributed by atoms with E-state index in [0.29, 0.717) is 24.2 Å². The van der Waals surface area contributed by atoms with E-state index in [1.165, 1.54) is 48.5 Å². The molecule has 0 unspecified atom stereocenters. The number of anilines is 2. The Labute approximate surface area is 210 Å². The Morgan fingerprint density at radius 3 is 1.08 bits per heavy atom. The number of carbonyl (C=O) groups is 2. The lowest BCUT2D eigenvalue weighted by molar-refractivity contribution is -0.117. The number of nitrogens with one attached hydrogen (secondary N) is 2. The Kier molecular flexibility index (Phi) is 12.0. The monoisotopic (exact) mass is 540 g/mol. The molecule has 198 valence electrons. The molecular weight excluding hydrogens is 506 g/mol. The SMILES string of the molecule is O=C(CCCCCCCCCCC(=O)Nc1ccc(P(=O)(O)O)cc1)Nc1ccc(P(=O)(O)O)cc1. The normalized spacial score (nSPS) is 11.8. The molecule has 12 heteroatoms. The van der Waals surface area contributed by atoms with Crippen LogP contribution in [0.4, 0.5) is 11.4 Å². The predicted octanol–water partition coefficient (Wildman–Crippen LogP) is 3.77. The number of amides is 2. The van der Waals surface area contributed by atoms with Gasteiger partial charge in [0.05, 0.1) is 10.6 Å². The minimum Gasteiger partial charge on any atom is -0.326 e. The third-order valence-corrected chi connectivity index (χ3v) is 7.47. The zero-order valence-corrected chi connectivity index (χ0v) is 21.8. The number of benzene rings is 2. The van der Waals surface area contributed by atoms with Crippen molar-refractivity contribution >= 4 is 49.0 Å². The summed E-state index contributed by atoms with van der Waals surface area (Å²) in [5, 5.41) is 5.27. The first-order valence-corrected chi connectivity index (χ1v) is 15.1. The largest absolute Gasteiger partial charge is 0.356 e. The fourth-order valence-electron chi connectivity index (χ4n) is 3.56. The van der Waals surface area contributed by atoms with Gasteiger partial charge in [0.15, 0.2) is 0 Å². The molecule has 0 spiro atoms. The van der Waals surface area contributed by atoms with E-state index in [1.54, 1.807) is 0 Å². The Morgan fingerprint density at radius 2 is 0.806 bits per heavy atom. The van der Waals surface area contributed by atoms with Crippen LogP contribution in [0, 0.1) is 0 Å². The van der Waals surface area contributed by atoms with E-state index in [-0.39, 0.29) is 22.4 Å². The molecule has 0 radical (unpaired) electrons. The van der Waals surface area contributed by atoms with Crippen LogP contribution >= 0.6 is 15.2 Å². The molecule has 2 aromatic carbocycles. The molecular formula is C24H34N2O8P2.